The molecule has 1 heterocycles. The molecular weight excluding hydrogens is 218 g/mol. The largest absolute Gasteiger partial charge is 0.319 e. The summed E-state index contributed by atoms with van der Waals surface area (Å²) in [5, 5.41) is 17.5. The molecule has 6 heteroatoms. The minimum Gasteiger partial charge on any atom is -0.319 e. The molecule has 2 rings (SSSR count). The summed E-state index contributed by atoms with van der Waals surface area (Å²) >= 11 is 0. The number of aromatic nitrogens is 3. The number of carbonyl (C=O) groups excluding carboxylic acids is 1. The van der Waals surface area contributed by atoms with Crippen LogP contribution in [0.4, 0.5) is 5.69 Å². The van der Waals surface area contributed by atoms with Gasteiger partial charge in [0, 0.05) is 5.69 Å². The number of benzene rings is 1. The van der Waals surface area contributed by atoms with Crippen molar-refractivity contribution < 1.29 is 4.79 Å². The third-order valence-corrected chi connectivity index (χ3v) is 2.24. The summed E-state index contributed by atoms with van der Waals surface area (Å²) in [6, 6.07) is 7.10. The van der Waals surface area contributed by atoms with Crippen molar-refractivity contribution in [1.29, 1.82) is 5.26 Å². The van der Waals surface area contributed by atoms with E-state index in [1.807, 2.05) is 13.0 Å². The van der Waals surface area contributed by atoms with Gasteiger partial charge in [0.25, 0.3) is 5.91 Å². The predicted octanol–water partition coefficient (Wildman–Crippen LogP) is 1.24. The van der Waals surface area contributed by atoms with Crippen LogP contribution in [-0.4, -0.2) is 21.1 Å². The molecule has 17 heavy (non-hydrogen) atoms. The Kier molecular flexibility index (Phi) is 2.83. The minimum absolute atomic E-state index is 0.131. The summed E-state index contributed by atoms with van der Waals surface area (Å²) in [4.78, 5) is 15.4. The third kappa shape index (κ3) is 2.29. The first-order valence-corrected chi connectivity index (χ1v) is 4.88. The number of amides is 1. The summed E-state index contributed by atoms with van der Waals surface area (Å²) in [5.41, 5.74) is 1.95. The highest BCUT2D eigenvalue weighted by atomic mass is 16.2. The quantitative estimate of drug-likeness (QED) is 0.806. The van der Waals surface area contributed by atoms with Crippen molar-refractivity contribution in [1.82, 2.24) is 15.2 Å². The normalized spacial score (nSPS) is 9.65. The van der Waals surface area contributed by atoms with Crippen LogP contribution in [0.5, 0.6) is 0 Å². The lowest BCUT2D eigenvalue weighted by atomic mass is 10.1. The molecule has 1 aromatic heterocycles. The first-order chi connectivity index (χ1) is 8.20. The van der Waals surface area contributed by atoms with Crippen LogP contribution in [0.15, 0.2) is 24.5 Å². The molecule has 0 aliphatic heterocycles. The van der Waals surface area contributed by atoms with Crippen molar-refractivity contribution in [2.75, 3.05) is 5.32 Å². The molecule has 0 unspecified atom stereocenters. The maximum Gasteiger partial charge on any atom is 0.292 e. The summed E-state index contributed by atoms with van der Waals surface area (Å²) in [6.07, 6.45) is 1.26. The molecule has 0 aliphatic rings. The second-order valence-corrected chi connectivity index (χ2v) is 3.43. The number of carbonyl (C=O) groups is 1. The molecule has 0 fully saturated rings. The molecule has 0 radical (unpaired) electrons. The lowest BCUT2D eigenvalue weighted by molar-refractivity contribution is 0.101. The van der Waals surface area contributed by atoms with E-state index in [0.717, 1.165) is 5.56 Å². The van der Waals surface area contributed by atoms with Gasteiger partial charge in [-0.15, -0.1) is 0 Å². The Balaban J connectivity index is 2.25. The van der Waals surface area contributed by atoms with E-state index in [4.69, 9.17) is 5.26 Å². The van der Waals surface area contributed by atoms with Gasteiger partial charge < -0.3 is 5.32 Å². The molecule has 84 valence electrons. The van der Waals surface area contributed by atoms with E-state index in [9.17, 15) is 4.79 Å². The topological polar surface area (TPSA) is 94.5 Å². The number of aryl methyl sites for hydroxylation is 1. The van der Waals surface area contributed by atoms with Crippen molar-refractivity contribution in [3.8, 4) is 6.07 Å². The van der Waals surface area contributed by atoms with Crippen LogP contribution >= 0.6 is 0 Å². The fourth-order valence-electron chi connectivity index (χ4n) is 1.32. The molecule has 0 saturated carbocycles. The number of anilines is 1. The van der Waals surface area contributed by atoms with E-state index in [-0.39, 0.29) is 11.7 Å². The van der Waals surface area contributed by atoms with Crippen molar-refractivity contribution in [3.05, 3.63) is 41.5 Å². The van der Waals surface area contributed by atoms with E-state index in [1.54, 1.807) is 18.2 Å². The van der Waals surface area contributed by atoms with Crippen LogP contribution < -0.4 is 5.32 Å². The molecule has 2 aromatic rings. The molecule has 6 nitrogen and oxygen atoms in total. The van der Waals surface area contributed by atoms with Gasteiger partial charge in [0.1, 0.15) is 6.33 Å². The van der Waals surface area contributed by atoms with E-state index in [1.165, 1.54) is 6.33 Å². The van der Waals surface area contributed by atoms with Gasteiger partial charge in [0.2, 0.25) is 5.82 Å². The molecule has 1 amide bonds. The summed E-state index contributed by atoms with van der Waals surface area (Å²) in [6.45, 7) is 1.84. The van der Waals surface area contributed by atoms with Gasteiger partial charge in [0.15, 0.2) is 0 Å². The average molecular weight is 227 g/mol. The third-order valence-electron chi connectivity index (χ3n) is 2.24. The van der Waals surface area contributed by atoms with Gasteiger partial charge in [-0.1, -0.05) is 6.07 Å². The van der Waals surface area contributed by atoms with Crippen molar-refractivity contribution in [2.45, 2.75) is 6.92 Å². The number of hydrogen-bond donors (Lipinski definition) is 2. The SMILES string of the molecule is Cc1ccc(C#N)cc1NC(=O)c1ncn[nH]1. The molecule has 0 spiro atoms. The van der Waals surface area contributed by atoms with E-state index in [0.29, 0.717) is 11.3 Å². The number of nitrogens with one attached hydrogen (secondary N) is 2. The number of hydrogen-bond acceptors (Lipinski definition) is 4. The number of H-pyrrole nitrogens is 1. The molecule has 0 saturated heterocycles. The maximum absolute atomic E-state index is 11.7. The Hall–Kier alpha value is -2.68. The second-order valence-electron chi connectivity index (χ2n) is 3.43. The van der Waals surface area contributed by atoms with Crippen LogP contribution in [0.2, 0.25) is 0 Å². The fraction of sp³-hybridized carbons (Fsp3) is 0.0909. The van der Waals surface area contributed by atoms with Gasteiger partial charge in [-0.3, -0.25) is 9.89 Å². The Morgan fingerprint density at radius 2 is 2.35 bits per heavy atom. The lowest BCUT2D eigenvalue weighted by Gasteiger charge is -2.06. The first-order valence-electron chi connectivity index (χ1n) is 4.88. The van der Waals surface area contributed by atoms with Crippen molar-refractivity contribution in [3.63, 3.8) is 0 Å². The average Bonchev–Trinajstić information content (AvgIpc) is 2.85. The maximum atomic E-state index is 11.7. The number of nitrogens with zero attached hydrogens (tertiary/aromatic N) is 3. The molecule has 0 bridgehead atoms. The van der Waals surface area contributed by atoms with Crippen molar-refractivity contribution >= 4 is 11.6 Å². The van der Waals surface area contributed by atoms with Gasteiger partial charge >= 0.3 is 0 Å². The zero-order chi connectivity index (χ0) is 12.3. The Labute approximate surface area is 97.3 Å². The Morgan fingerprint density at radius 1 is 1.53 bits per heavy atom. The van der Waals surface area contributed by atoms with Crippen LogP contribution in [0.25, 0.3) is 0 Å². The summed E-state index contributed by atoms with van der Waals surface area (Å²) in [7, 11) is 0. The van der Waals surface area contributed by atoms with Gasteiger partial charge in [-0.25, -0.2) is 4.98 Å². The van der Waals surface area contributed by atoms with Crippen LogP contribution in [0.1, 0.15) is 21.7 Å². The Bertz CT molecular complexity index is 582. The smallest absolute Gasteiger partial charge is 0.292 e. The molecule has 2 N–H and O–H groups in total. The van der Waals surface area contributed by atoms with E-state index >= 15 is 0 Å². The van der Waals surface area contributed by atoms with Crippen LogP contribution in [0, 0.1) is 18.3 Å². The van der Waals surface area contributed by atoms with Gasteiger partial charge in [0.05, 0.1) is 11.6 Å². The standard InChI is InChI=1S/C11H9N5O/c1-7-2-3-8(5-12)4-9(7)15-11(17)10-13-6-14-16-10/h2-4,6H,1H3,(H,15,17)(H,13,14,16). The lowest BCUT2D eigenvalue weighted by Crippen LogP contribution is -2.14. The molecular formula is C11H9N5O. The number of nitriles is 1. The van der Waals surface area contributed by atoms with E-state index < -0.39 is 0 Å². The highest BCUT2D eigenvalue weighted by Gasteiger charge is 2.10. The molecule has 0 atom stereocenters. The first kappa shape index (κ1) is 10.8. The number of rotatable bonds is 2. The zero-order valence-electron chi connectivity index (χ0n) is 9.06. The fourth-order valence-corrected chi connectivity index (χ4v) is 1.32. The van der Waals surface area contributed by atoms with Crippen LogP contribution in [0.3, 0.4) is 0 Å². The summed E-state index contributed by atoms with van der Waals surface area (Å²) in [5.74, 6) is -0.257. The van der Waals surface area contributed by atoms with E-state index in [2.05, 4.69) is 20.5 Å². The predicted molar refractivity (Wildman–Crippen MR) is 60.2 cm³/mol. The Morgan fingerprint density at radius 3 is 3.00 bits per heavy atom. The monoisotopic (exact) mass is 227 g/mol. The molecule has 1 aromatic carbocycles. The molecule has 0 aliphatic carbocycles. The highest BCUT2D eigenvalue weighted by molar-refractivity contribution is 6.01. The van der Waals surface area contributed by atoms with Gasteiger partial charge in [-0.2, -0.15) is 10.4 Å². The zero-order valence-corrected chi connectivity index (χ0v) is 9.06. The summed E-state index contributed by atoms with van der Waals surface area (Å²) < 4.78 is 0. The number of aromatic amines is 1. The van der Waals surface area contributed by atoms with Crippen molar-refractivity contribution in [2.24, 2.45) is 0 Å². The second kappa shape index (κ2) is 4.45. The minimum atomic E-state index is -0.388. The van der Waals surface area contributed by atoms with Crippen LogP contribution in [-0.2, 0) is 0 Å². The highest BCUT2D eigenvalue weighted by Crippen LogP contribution is 2.16. The van der Waals surface area contributed by atoms with Gasteiger partial charge in [-0.05, 0) is 24.6 Å².